The van der Waals surface area contributed by atoms with Gasteiger partial charge in [0.15, 0.2) is 5.79 Å². The first-order chi connectivity index (χ1) is 19.0. The molecule has 39 heavy (non-hydrogen) atoms. The zero-order valence-electron chi connectivity index (χ0n) is 24.6. The van der Waals surface area contributed by atoms with E-state index in [0.29, 0.717) is 0 Å². The lowest BCUT2D eigenvalue weighted by Crippen LogP contribution is -2.34. The Morgan fingerprint density at radius 3 is 1.36 bits per heavy atom. The van der Waals surface area contributed by atoms with Crippen LogP contribution in [0.4, 0.5) is 0 Å². The SMILES string of the molecule is CCCCCCCCCC[C@@H]1OC(C)(C)O[C@H]1CCC[P+](c1ccccc1)(c1ccccc1)c1ccccc1. The van der Waals surface area contributed by atoms with Crippen molar-refractivity contribution >= 4 is 23.2 Å². The number of ether oxygens (including phenoxy) is 2. The molecular weight excluding hydrogens is 495 g/mol. The van der Waals surface area contributed by atoms with Crippen molar-refractivity contribution in [2.24, 2.45) is 0 Å². The summed E-state index contributed by atoms with van der Waals surface area (Å²) in [6.07, 6.45) is 15.5. The Bertz CT molecular complexity index is 970. The van der Waals surface area contributed by atoms with Crippen LogP contribution in [0, 0.1) is 0 Å². The van der Waals surface area contributed by atoms with E-state index in [-0.39, 0.29) is 12.2 Å². The van der Waals surface area contributed by atoms with Crippen molar-refractivity contribution in [2.75, 3.05) is 6.16 Å². The highest BCUT2D eigenvalue weighted by atomic mass is 31.2. The highest BCUT2D eigenvalue weighted by Crippen LogP contribution is 2.56. The Hall–Kier alpha value is -1.99. The van der Waals surface area contributed by atoms with Crippen molar-refractivity contribution in [3.8, 4) is 0 Å². The van der Waals surface area contributed by atoms with Crippen LogP contribution in [0.2, 0.25) is 0 Å². The quantitative estimate of drug-likeness (QED) is 0.132. The molecule has 1 saturated heterocycles. The van der Waals surface area contributed by atoms with Gasteiger partial charge in [0.05, 0.1) is 18.4 Å². The van der Waals surface area contributed by atoms with Gasteiger partial charge in [-0.3, -0.25) is 0 Å². The predicted molar refractivity (Wildman–Crippen MR) is 170 cm³/mol. The van der Waals surface area contributed by atoms with Gasteiger partial charge >= 0.3 is 0 Å². The van der Waals surface area contributed by atoms with Gasteiger partial charge in [-0.05, 0) is 69.5 Å². The van der Waals surface area contributed by atoms with Gasteiger partial charge in [0.2, 0.25) is 0 Å². The number of hydrogen-bond donors (Lipinski definition) is 0. The smallest absolute Gasteiger partial charge is 0.163 e. The molecule has 210 valence electrons. The van der Waals surface area contributed by atoms with Gasteiger partial charge < -0.3 is 9.47 Å². The van der Waals surface area contributed by atoms with Gasteiger partial charge in [0.1, 0.15) is 23.2 Å². The molecule has 1 aliphatic heterocycles. The highest BCUT2D eigenvalue weighted by molar-refractivity contribution is 7.95. The van der Waals surface area contributed by atoms with Crippen LogP contribution in [-0.2, 0) is 9.47 Å². The van der Waals surface area contributed by atoms with Crippen LogP contribution in [0.3, 0.4) is 0 Å². The average Bonchev–Trinajstić information content (AvgIpc) is 3.27. The number of benzene rings is 3. The third-order valence-corrected chi connectivity index (χ3v) is 12.7. The fourth-order valence-corrected chi connectivity index (χ4v) is 10.7. The fourth-order valence-electron chi connectivity index (χ4n) is 6.29. The van der Waals surface area contributed by atoms with Crippen molar-refractivity contribution in [2.45, 2.75) is 109 Å². The Labute approximate surface area is 238 Å². The van der Waals surface area contributed by atoms with Gasteiger partial charge in [-0.25, -0.2) is 0 Å². The lowest BCUT2D eigenvalue weighted by atomic mass is 10.0. The van der Waals surface area contributed by atoms with Gasteiger partial charge in [0.25, 0.3) is 0 Å². The van der Waals surface area contributed by atoms with E-state index >= 15 is 0 Å². The van der Waals surface area contributed by atoms with Crippen LogP contribution in [-0.4, -0.2) is 24.2 Å². The van der Waals surface area contributed by atoms with Crippen LogP contribution in [0.15, 0.2) is 91.0 Å². The van der Waals surface area contributed by atoms with Crippen LogP contribution in [0.5, 0.6) is 0 Å². The lowest BCUT2D eigenvalue weighted by molar-refractivity contribution is -0.147. The zero-order valence-corrected chi connectivity index (χ0v) is 25.5. The second-order valence-electron chi connectivity index (χ2n) is 11.7. The Morgan fingerprint density at radius 1 is 0.538 bits per heavy atom. The summed E-state index contributed by atoms with van der Waals surface area (Å²) in [7, 11) is -1.80. The molecular formula is C36H50O2P+. The van der Waals surface area contributed by atoms with Gasteiger partial charge in [-0.15, -0.1) is 0 Å². The van der Waals surface area contributed by atoms with E-state index in [1.165, 1.54) is 67.3 Å². The minimum Gasteiger partial charge on any atom is -0.345 e. The van der Waals surface area contributed by atoms with Crippen molar-refractivity contribution in [1.82, 2.24) is 0 Å². The first-order valence-electron chi connectivity index (χ1n) is 15.5. The normalized spacial score (nSPS) is 18.8. The molecule has 1 fully saturated rings. The first-order valence-corrected chi connectivity index (χ1v) is 17.4. The molecule has 0 N–H and O–H groups in total. The van der Waals surface area contributed by atoms with Crippen molar-refractivity contribution in [1.29, 1.82) is 0 Å². The molecule has 3 heteroatoms. The lowest BCUT2D eigenvalue weighted by Gasteiger charge is -2.28. The molecule has 2 nitrogen and oxygen atoms in total. The zero-order chi connectivity index (χ0) is 27.4. The molecule has 0 aromatic heterocycles. The molecule has 0 amide bonds. The first kappa shape index (κ1) is 30.0. The molecule has 1 heterocycles. The second-order valence-corrected chi connectivity index (χ2v) is 15.3. The molecule has 0 saturated carbocycles. The molecule has 3 aromatic rings. The average molecular weight is 546 g/mol. The minimum absolute atomic E-state index is 0.175. The summed E-state index contributed by atoms with van der Waals surface area (Å²) in [5.41, 5.74) is 0. The van der Waals surface area contributed by atoms with Gasteiger partial charge in [0, 0.05) is 0 Å². The Kier molecular flexibility index (Phi) is 11.6. The molecule has 0 spiro atoms. The molecule has 3 aromatic carbocycles. The van der Waals surface area contributed by atoms with Gasteiger partial charge in [-0.2, -0.15) is 0 Å². The third-order valence-electron chi connectivity index (χ3n) is 8.20. The standard InChI is InChI=1S/C36H50O2P/c1-4-5-6-7-8-9-10-20-28-34-35(38-36(2,3)37-34)29-21-30-39(31-22-14-11-15-23-31,32-24-16-12-17-25-32)33-26-18-13-19-27-33/h11-19,22-27,34-35H,4-10,20-21,28-30H2,1-3H3/q+1/t34-,35-/m0/s1. The maximum absolute atomic E-state index is 6.51. The second kappa shape index (κ2) is 15.1. The largest absolute Gasteiger partial charge is 0.345 e. The third kappa shape index (κ3) is 8.26. The molecule has 2 atom stereocenters. The predicted octanol–water partition coefficient (Wildman–Crippen LogP) is 8.81. The molecule has 0 radical (unpaired) electrons. The van der Waals surface area contributed by atoms with E-state index in [1.807, 2.05) is 0 Å². The van der Waals surface area contributed by atoms with Gasteiger partial charge in [-0.1, -0.05) is 113 Å². The molecule has 0 unspecified atom stereocenters. The summed E-state index contributed by atoms with van der Waals surface area (Å²) in [4.78, 5) is 0. The highest BCUT2D eigenvalue weighted by Gasteiger charge is 2.46. The van der Waals surface area contributed by atoms with E-state index in [1.54, 1.807) is 0 Å². The summed E-state index contributed by atoms with van der Waals surface area (Å²) in [5.74, 6) is -0.486. The summed E-state index contributed by atoms with van der Waals surface area (Å²) >= 11 is 0. The maximum atomic E-state index is 6.51. The topological polar surface area (TPSA) is 18.5 Å². The van der Waals surface area contributed by atoms with Crippen LogP contribution >= 0.6 is 7.26 Å². The van der Waals surface area contributed by atoms with E-state index < -0.39 is 13.0 Å². The Balaban J connectivity index is 1.45. The van der Waals surface area contributed by atoms with Crippen LogP contribution in [0.1, 0.15) is 91.4 Å². The van der Waals surface area contributed by atoms with E-state index in [0.717, 1.165) is 25.4 Å². The van der Waals surface area contributed by atoms with Crippen LogP contribution < -0.4 is 15.9 Å². The van der Waals surface area contributed by atoms with E-state index in [4.69, 9.17) is 9.47 Å². The molecule has 1 aliphatic rings. The monoisotopic (exact) mass is 545 g/mol. The van der Waals surface area contributed by atoms with Crippen molar-refractivity contribution in [3.63, 3.8) is 0 Å². The fraction of sp³-hybridized carbons (Fsp3) is 0.500. The maximum Gasteiger partial charge on any atom is 0.163 e. The number of unbranched alkanes of at least 4 members (excludes halogenated alkanes) is 7. The number of hydrogen-bond acceptors (Lipinski definition) is 2. The summed E-state index contributed by atoms with van der Waals surface area (Å²) in [6.45, 7) is 6.46. The summed E-state index contributed by atoms with van der Waals surface area (Å²) in [5, 5.41) is 4.38. The van der Waals surface area contributed by atoms with Crippen LogP contribution in [0.25, 0.3) is 0 Å². The van der Waals surface area contributed by atoms with Crippen molar-refractivity contribution < 1.29 is 9.47 Å². The van der Waals surface area contributed by atoms with E-state index in [9.17, 15) is 0 Å². The summed E-state index contributed by atoms with van der Waals surface area (Å²) in [6, 6.07) is 33.7. The number of rotatable bonds is 16. The molecule has 4 rings (SSSR count). The molecule has 0 bridgehead atoms. The van der Waals surface area contributed by atoms with Crippen molar-refractivity contribution in [3.05, 3.63) is 91.0 Å². The Morgan fingerprint density at radius 2 is 0.923 bits per heavy atom. The minimum atomic E-state index is -1.80. The molecule has 0 aliphatic carbocycles. The van der Waals surface area contributed by atoms with E-state index in [2.05, 4.69) is 112 Å². The summed E-state index contributed by atoms with van der Waals surface area (Å²) < 4.78 is 13.0.